The molecule has 0 aliphatic heterocycles. The van der Waals surface area contributed by atoms with Crippen molar-refractivity contribution in [3.63, 3.8) is 0 Å². The fourth-order valence-electron chi connectivity index (χ4n) is 0.970. The summed E-state index contributed by atoms with van der Waals surface area (Å²) in [6.07, 6.45) is 1.70. The number of hydrogen-bond acceptors (Lipinski definition) is 4. The topological polar surface area (TPSA) is 55.6 Å². The van der Waals surface area contributed by atoms with Gasteiger partial charge in [-0.05, 0) is 19.1 Å². The second kappa shape index (κ2) is 2.77. The van der Waals surface area contributed by atoms with Crippen LogP contribution in [0.2, 0.25) is 0 Å². The Morgan fingerprint density at radius 1 is 1.50 bits per heavy atom. The second-order valence-corrected chi connectivity index (χ2v) is 2.35. The van der Waals surface area contributed by atoms with Gasteiger partial charge < -0.3 is 0 Å². The maximum absolute atomic E-state index is 4.13. The van der Waals surface area contributed by atoms with Crippen LogP contribution in [-0.4, -0.2) is 26.6 Å². The van der Waals surface area contributed by atoms with Crippen LogP contribution in [0.1, 0.15) is 6.92 Å². The monoisotopic (exact) mass is 163 g/mol. The van der Waals surface area contributed by atoms with Crippen molar-refractivity contribution in [2.24, 2.45) is 0 Å². The highest BCUT2D eigenvalue weighted by Gasteiger charge is 1.99. The normalized spacial score (nSPS) is 10.4. The minimum Gasteiger partial charge on any atom is -0.293 e. The van der Waals surface area contributed by atoms with Crippen LogP contribution >= 0.6 is 0 Å². The number of fused-ring (bicyclic) bond motifs is 1. The van der Waals surface area contributed by atoms with E-state index in [1.807, 2.05) is 19.1 Å². The lowest BCUT2D eigenvalue weighted by Gasteiger charge is -1.96. The van der Waals surface area contributed by atoms with Gasteiger partial charge in [0.2, 0.25) is 5.65 Å². The van der Waals surface area contributed by atoms with Crippen molar-refractivity contribution in [1.29, 1.82) is 0 Å². The van der Waals surface area contributed by atoms with E-state index in [4.69, 9.17) is 0 Å². The Hall–Kier alpha value is -1.65. The molecule has 12 heavy (non-hydrogen) atoms. The van der Waals surface area contributed by atoms with Crippen LogP contribution in [0.25, 0.3) is 11.2 Å². The molecule has 0 atom stereocenters. The van der Waals surface area contributed by atoms with Crippen molar-refractivity contribution < 1.29 is 0 Å². The molecule has 0 spiro atoms. The molecule has 1 N–H and O–H groups in total. The highest BCUT2D eigenvalue weighted by atomic mass is 15.7. The first-order chi connectivity index (χ1) is 5.90. The van der Waals surface area contributed by atoms with Crippen LogP contribution in [-0.2, 0) is 0 Å². The van der Waals surface area contributed by atoms with Gasteiger partial charge in [0.25, 0.3) is 0 Å². The fourth-order valence-corrected chi connectivity index (χ4v) is 0.970. The third-order valence-electron chi connectivity index (χ3n) is 1.46. The summed E-state index contributed by atoms with van der Waals surface area (Å²) in [6, 6.07) is 3.72. The Balaban J connectivity index is 2.47. The molecule has 0 bridgehead atoms. The molecule has 0 amide bonds. The molecule has 0 radical (unpaired) electrons. The number of pyridine rings is 1. The van der Waals surface area contributed by atoms with Gasteiger partial charge in [-0.1, -0.05) is 4.91 Å². The van der Waals surface area contributed by atoms with E-state index < -0.39 is 0 Å². The average Bonchev–Trinajstić information content (AvgIpc) is 2.47. The van der Waals surface area contributed by atoms with E-state index in [2.05, 4.69) is 20.6 Å². The molecule has 2 aromatic rings. The van der Waals surface area contributed by atoms with Crippen LogP contribution in [0, 0.1) is 0 Å². The molecule has 2 heterocycles. The first-order valence-electron chi connectivity index (χ1n) is 3.82. The van der Waals surface area contributed by atoms with Gasteiger partial charge in [0, 0.05) is 12.7 Å². The van der Waals surface area contributed by atoms with Crippen molar-refractivity contribution in [3.05, 3.63) is 18.3 Å². The molecule has 0 saturated heterocycles. The molecular weight excluding hydrogens is 154 g/mol. The van der Waals surface area contributed by atoms with Crippen LogP contribution < -0.4 is 5.43 Å². The maximum Gasteiger partial charge on any atom is 0.203 e. The SMILES string of the molecule is CCNn1nc2cccnc2n1. The third kappa shape index (κ3) is 1.09. The van der Waals surface area contributed by atoms with E-state index in [0.717, 1.165) is 12.1 Å². The number of hydrogen-bond donors (Lipinski definition) is 1. The van der Waals surface area contributed by atoms with Crippen molar-refractivity contribution >= 4 is 11.2 Å². The van der Waals surface area contributed by atoms with Gasteiger partial charge >= 0.3 is 0 Å². The molecule has 0 unspecified atom stereocenters. The molecule has 5 nitrogen and oxygen atoms in total. The minimum atomic E-state index is 0.665. The van der Waals surface area contributed by atoms with E-state index in [9.17, 15) is 0 Å². The Bertz CT molecular complexity index is 347. The molecule has 0 aliphatic carbocycles. The molecule has 5 heteroatoms. The van der Waals surface area contributed by atoms with Crippen molar-refractivity contribution in [1.82, 2.24) is 20.1 Å². The summed E-state index contributed by atoms with van der Waals surface area (Å²) in [6.45, 7) is 2.78. The van der Waals surface area contributed by atoms with Gasteiger partial charge in [-0.15, -0.1) is 10.2 Å². The van der Waals surface area contributed by atoms with Crippen LogP contribution in [0.15, 0.2) is 18.3 Å². The van der Waals surface area contributed by atoms with Gasteiger partial charge in [0.15, 0.2) is 0 Å². The van der Waals surface area contributed by atoms with E-state index in [-0.39, 0.29) is 0 Å². The summed E-state index contributed by atoms with van der Waals surface area (Å²) >= 11 is 0. The quantitative estimate of drug-likeness (QED) is 0.695. The Morgan fingerprint density at radius 3 is 3.17 bits per heavy atom. The van der Waals surface area contributed by atoms with Gasteiger partial charge in [0.05, 0.1) is 0 Å². The summed E-state index contributed by atoms with van der Waals surface area (Å²) in [7, 11) is 0. The number of nitrogens with zero attached hydrogens (tertiary/aromatic N) is 4. The van der Waals surface area contributed by atoms with Crippen LogP contribution in [0.5, 0.6) is 0 Å². The summed E-state index contributed by atoms with van der Waals surface area (Å²) in [5, 5.41) is 8.22. The molecule has 0 aromatic carbocycles. The lowest BCUT2D eigenvalue weighted by atomic mass is 10.4. The van der Waals surface area contributed by atoms with E-state index in [1.165, 1.54) is 4.91 Å². The predicted octanol–water partition coefficient (Wildman–Crippen LogP) is 0.390. The molecular formula is C7H9N5. The first kappa shape index (κ1) is 7.02. The molecule has 0 saturated carbocycles. The molecule has 2 aromatic heterocycles. The van der Waals surface area contributed by atoms with Crippen LogP contribution in [0.4, 0.5) is 0 Å². The molecule has 0 fully saturated rings. The highest BCUT2D eigenvalue weighted by Crippen LogP contribution is 2.01. The third-order valence-corrected chi connectivity index (χ3v) is 1.46. The zero-order valence-corrected chi connectivity index (χ0v) is 6.73. The summed E-state index contributed by atoms with van der Waals surface area (Å²) in [4.78, 5) is 5.49. The zero-order chi connectivity index (χ0) is 8.39. The first-order valence-corrected chi connectivity index (χ1v) is 3.82. The minimum absolute atomic E-state index is 0.665. The lowest BCUT2D eigenvalue weighted by Crippen LogP contribution is -2.16. The Kier molecular flexibility index (Phi) is 1.62. The summed E-state index contributed by atoms with van der Waals surface area (Å²) in [5.74, 6) is 0. The van der Waals surface area contributed by atoms with Crippen LogP contribution in [0.3, 0.4) is 0 Å². The number of aromatic nitrogens is 4. The average molecular weight is 163 g/mol. The summed E-state index contributed by atoms with van der Waals surface area (Å²) in [5.41, 5.74) is 4.42. The number of nitrogens with one attached hydrogen (secondary N) is 1. The smallest absolute Gasteiger partial charge is 0.203 e. The molecule has 2 rings (SSSR count). The lowest BCUT2D eigenvalue weighted by molar-refractivity contribution is 0.655. The molecule has 62 valence electrons. The zero-order valence-electron chi connectivity index (χ0n) is 6.73. The second-order valence-electron chi connectivity index (χ2n) is 2.35. The fraction of sp³-hybridized carbons (Fsp3) is 0.286. The highest BCUT2D eigenvalue weighted by molar-refractivity contribution is 5.67. The maximum atomic E-state index is 4.13. The predicted molar refractivity (Wildman–Crippen MR) is 45.2 cm³/mol. The Labute approximate surface area is 69.4 Å². The van der Waals surface area contributed by atoms with Gasteiger partial charge in [0.1, 0.15) is 5.52 Å². The van der Waals surface area contributed by atoms with Gasteiger partial charge in [-0.25, -0.2) is 4.98 Å². The largest absolute Gasteiger partial charge is 0.293 e. The van der Waals surface area contributed by atoms with Crippen molar-refractivity contribution in [2.45, 2.75) is 6.92 Å². The van der Waals surface area contributed by atoms with Gasteiger partial charge in [-0.3, -0.25) is 5.43 Å². The van der Waals surface area contributed by atoms with E-state index in [0.29, 0.717) is 5.65 Å². The van der Waals surface area contributed by atoms with Crippen molar-refractivity contribution in [3.8, 4) is 0 Å². The Morgan fingerprint density at radius 2 is 2.42 bits per heavy atom. The van der Waals surface area contributed by atoms with Crippen molar-refractivity contribution in [2.75, 3.05) is 12.0 Å². The summed E-state index contributed by atoms with van der Waals surface area (Å²) < 4.78 is 0. The molecule has 0 aliphatic rings. The standard InChI is InChI=1S/C7H9N5/c1-2-9-12-10-6-4-3-5-8-7(6)11-12/h3-5,9H,2H2,1H3. The van der Waals surface area contributed by atoms with E-state index >= 15 is 0 Å². The van der Waals surface area contributed by atoms with E-state index in [1.54, 1.807) is 6.20 Å². The van der Waals surface area contributed by atoms with Gasteiger partial charge in [-0.2, -0.15) is 0 Å². The number of rotatable bonds is 2.